The Morgan fingerprint density at radius 3 is 2.52 bits per heavy atom. The largest absolute Gasteiger partial charge is 0.396 e. The minimum atomic E-state index is 0.0710. The Balaban J connectivity index is 2.50. The van der Waals surface area contributed by atoms with E-state index in [-0.39, 0.29) is 24.0 Å². The van der Waals surface area contributed by atoms with Gasteiger partial charge in [-0.25, -0.2) is 0 Å². The molecule has 4 N–H and O–H groups in total. The van der Waals surface area contributed by atoms with Crippen LogP contribution in [0.5, 0.6) is 0 Å². The van der Waals surface area contributed by atoms with Gasteiger partial charge < -0.3 is 21.1 Å². The lowest BCUT2D eigenvalue weighted by atomic mass is 9.72. The van der Waals surface area contributed by atoms with Gasteiger partial charge in [-0.2, -0.15) is 0 Å². The van der Waals surface area contributed by atoms with Crippen molar-refractivity contribution in [3.8, 4) is 0 Å². The first-order chi connectivity index (χ1) is 12.0. The Morgan fingerprint density at radius 2 is 1.92 bits per heavy atom. The Hall–Kier alpha value is -1.30. The van der Waals surface area contributed by atoms with Crippen molar-refractivity contribution in [1.82, 2.24) is 16.0 Å². The fourth-order valence-corrected chi connectivity index (χ4v) is 3.36. The van der Waals surface area contributed by atoms with Gasteiger partial charge in [-0.3, -0.25) is 9.79 Å². The number of rotatable bonds is 10. The van der Waals surface area contributed by atoms with E-state index < -0.39 is 0 Å². The van der Waals surface area contributed by atoms with Gasteiger partial charge in [0.2, 0.25) is 5.91 Å². The predicted molar refractivity (Wildman–Crippen MR) is 104 cm³/mol. The Labute approximate surface area is 153 Å². The van der Waals surface area contributed by atoms with Gasteiger partial charge in [0, 0.05) is 38.7 Å². The van der Waals surface area contributed by atoms with Gasteiger partial charge in [0.05, 0.1) is 0 Å². The van der Waals surface area contributed by atoms with E-state index in [1.54, 1.807) is 0 Å². The predicted octanol–water partition coefficient (Wildman–Crippen LogP) is 2.18. The van der Waals surface area contributed by atoms with Crippen molar-refractivity contribution < 1.29 is 9.90 Å². The molecule has 1 aliphatic rings. The SMILES string of the molecule is CCNC(=NCC1(CCO)CCCCC1)NCCC(=O)NC(C)CC. The molecule has 1 rings (SSSR count). The van der Waals surface area contributed by atoms with E-state index in [4.69, 9.17) is 4.99 Å². The molecule has 146 valence electrons. The van der Waals surface area contributed by atoms with Gasteiger partial charge in [-0.05, 0) is 44.9 Å². The number of amides is 1. The second-order valence-electron chi connectivity index (χ2n) is 7.28. The quantitative estimate of drug-likeness (QED) is 0.358. The highest BCUT2D eigenvalue weighted by Crippen LogP contribution is 2.39. The van der Waals surface area contributed by atoms with Gasteiger partial charge in [0.15, 0.2) is 5.96 Å². The number of aliphatic hydroxyl groups excluding tert-OH is 1. The Bertz CT molecular complexity index is 401. The van der Waals surface area contributed by atoms with E-state index in [0.717, 1.165) is 44.7 Å². The first kappa shape index (κ1) is 21.7. The van der Waals surface area contributed by atoms with Crippen LogP contribution in [0.2, 0.25) is 0 Å². The van der Waals surface area contributed by atoms with E-state index in [0.29, 0.717) is 13.0 Å². The van der Waals surface area contributed by atoms with Crippen LogP contribution in [0.3, 0.4) is 0 Å². The lowest BCUT2D eigenvalue weighted by molar-refractivity contribution is -0.121. The number of aliphatic hydroxyl groups is 1. The van der Waals surface area contributed by atoms with E-state index in [1.807, 2.05) is 13.8 Å². The van der Waals surface area contributed by atoms with Crippen molar-refractivity contribution >= 4 is 11.9 Å². The van der Waals surface area contributed by atoms with Crippen molar-refractivity contribution in [3.63, 3.8) is 0 Å². The van der Waals surface area contributed by atoms with Crippen LogP contribution in [-0.4, -0.2) is 49.3 Å². The molecule has 1 atom stereocenters. The molecule has 6 nitrogen and oxygen atoms in total. The lowest BCUT2D eigenvalue weighted by Crippen LogP contribution is -2.41. The number of nitrogens with zero attached hydrogens (tertiary/aromatic N) is 1. The molecule has 0 radical (unpaired) electrons. The highest BCUT2D eigenvalue weighted by Gasteiger charge is 2.31. The zero-order chi connectivity index (χ0) is 18.5. The molecule has 1 aliphatic carbocycles. The summed E-state index contributed by atoms with van der Waals surface area (Å²) in [6, 6.07) is 0.221. The molecule has 1 fully saturated rings. The van der Waals surface area contributed by atoms with Crippen molar-refractivity contribution in [2.24, 2.45) is 10.4 Å². The fraction of sp³-hybridized carbons (Fsp3) is 0.895. The maximum Gasteiger partial charge on any atom is 0.221 e. The molecule has 6 heteroatoms. The van der Waals surface area contributed by atoms with Gasteiger partial charge in [-0.1, -0.05) is 26.2 Å². The molecular weight excluding hydrogens is 316 g/mol. The summed E-state index contributed by atoms with van der Waals surface area (Å²) in [7, 11) is 0. The summed E-state index contributed by atoms with van der Waals surface area (Å²) < 4.78 is 0. The van der Waals surface area contributed by atoms with Crippen LogP contribution in [0.15, 0.2) is 4.99 Å². The van der Waals surface area contributed by atoms with Crippen LogP contribution in [0.1, 0.15) is 72.1 Å². The first-order valence-electron chi connectivity index (χ1n) is 9.97. The van der Waals surface area contributed by atoms with Gasteiger partial charge in [0.25, 0.3) is 0 Å². The third-order valence-electron chi connectivity index (χ3n) is 5.14. The number of guanidine groups is 1. The number of carbonyl (C=O) groups is 1. The van der Waals surface area contributed by atoms with Crippen LogP contribution in [0, 0.1) is 5.41 Å². The van der Waals surface area contributed by atoms with Crippen molar-refractivity contribution in [2.75, 3.05) is 26.2 Å². The topological polar surface area (TPSA) is 85.8 Å². The second-order valence-corrected chi connectivity index (χ2v) is 7.28. The van der Waals surface area contributed by atoms with Crippen molar-refractivity contribution in [2.45, 2.75) is 78.2 Å². The van der Waals surface area contributed by atoms with E-state index in [1.165, 1.54) is 19.3 Å². The van der Waals surface area contributed by atoms with Crippen molar-refractivity contribution in [3.05, 3.63) is 0 Å². The molecule has 25 heavy (non-hydrogen) atoms. The minimum Gasteiger partial charge on any atom is -0.396 e. The second kappa shape index (κ2) is 12.1. The third kappa shape index (κ3) is 8.56. The standard InChI is InChI=1S/C19H38N4O2/c1-4-16(3)23-17(25)9-13-21-18(20-5-2)22-15-19(12-14-24)10-7-6-8-11-19/h16,24H,4-15H2,1-3H3,(H,23,25)(H2,20,21,22). The van der Waals surface area contributed by atoms with E-state index >= 15 is 0 Å². The highest BCUT2D eigenvalue weighted by atomic mass is 16.3. The Kier molecular flexibility index (Phi) is 10.5. The molecule has 1 unspecified atom stereocenters. The molecule has 0 aromatic carbocycles. The number of nitrogens with one attached hydrogen (secondary N) is 3. The summed E-state index contributed by atoms with van der Waals surface area (Å²) in [5.74, 6) is 0.837. The fourth-order valence-electron chi connectivity index (χ4n) is 3.36. The van der Waals surface area contributed by atoms with Gasteiger partial charge >= 0.3 is 0 Å². The molecule has 1 amide bonds. The lowest BCUT2D eigenvalue weighted by Gasteiger charge is -2.35. The third-order valence-corrected chi connectivity index (χ3v) is 5.14. The summed E-state index contributed by atoms with van der Waals surface area (Å²) in [4.78, 5) is 16.6. The van der Waals surface area contributed by atoms with E-state index in [2.05, 4.69) is 22.9 Å². The average Bonchev–Trinajstić information content (AvgIpc) is 2.60. The summed E-state index contributed by atoms with van der Waals surface area (Å²) in [6.07, 6.45) is 8.26. The number of hydrogen-bond donors (Lipinski definition) is 4. The normalized spacial score (nSPS) is 18.5. The molecule has 0 aliphatic heterocycles. The summed E-state index contributed by atoms with van der Waals surface area (Å²) in [6.45, 7) is 8.45. The summed E-state index contributed by atoms with van der Waals surface area (Å²) in [5, 5.41) is 18.9. The zero-order valence-corrected chi connectivity index (χ0v) is 16.4. The Morgan fingerprint density at radius 1 is 1.20 bits per heavy atom. The molecular formula is C19H38N4O2. The molecule has 0 spiro atoms. The van der Waals surface area contributed by atoms with Crippen molar-refractivity contribution in [1.29, 1.82) is 0 Å². The van der Waals surface area contributed by atoms with Crippen LogP contribution in [0.25, 0.3) is 0 Å². The maximum absolute atomic E-state index is 11.9. The van der Waals surface area contributed by atoms with Gasteiger partial charge in [-0.15, -0.1) is 0 Å². The van der Waals surface area contributed by atoms with E-state index in [9.17, 15) is 9.90 Å². The smallest absolute Gasteiger partial charge is 0.221 e. The molecule has 0 aromatic rings. The van der Waals surface area contributed by atoms with Gasteiger partial charge in [0.1, 0.15) is 0 Å². The highest BCUT2D eigenvalue weighted by molar-refractivity contribution is 5.81. The minimum absolute atomic E-state index is 0.0710. The van der Waals surface area contributed by atoms with Crippen LogP contribution in [-0.2, 0) is 4.79 Å². The maximum atomic E-state index is 11.9. The molecule has 0 saturated heterocycles. The molecule has 1 saturated carbocycles. The van der Waals surface area contributed by atoms with Crippen LogP contribution >= 0.6 is 0 Å². The zero-order valence-electron chi connectivity index (χ0n) is 16.4. The first-order valence-corrected chi connectivity index (χ1v) is 9.97. The van der Waals surface area contributed by atoms with Crippen LogP contribution < -0.4 is 16.0 Å². The number of aliphatic imine (C=N–C) groups is 1. The summed E-state index contributed by atoms with van der Waals surface area (Å²) >= 11 is 0. The molecule has 0 heterocycles. The number of carbonyl (C=O) groups excluding carboxylic acids is 1. The van der Waals surface area contributed by atoms with Crippen LogP contribution in [0.4, 0.5) is 0 Å². The number of hydrogen-bond acceptors (Lipinski definition) is 3. The molecule has 0 bridgehead atoms. The monoisotopic (exact) mass is 354 g/mol. The summed E-state index contributed by atoms with van der Waals surface area (Å²) in [5.41, 5.74) is 0.142. The average molecular weight is 355 g/mol. The molecule has 0 aromatic heterocycles.